The van der Waals surface area contributed by atoms with Crippen LogP contribution in [0.3, 0.4) is 0 Å². The number of nitriles is 1. The molecule has 1 aliphatic rings. The van der Waals surface area contributed by atoms with Crippen LogP contribution in [0.1, 0.15) is 30.4 Å². The zero-order chi connectivity index (χ0) is 14.4. The summed E-state index contributed by atoms with van der Waals surface area (Å²) in [5.74, 6) is -0.265. The maximum atomic E-state index is 12.0. The minimum atomic E-state index is -0.265. The van der Waals surface area contributed by atoms with Crippen LogP contribution in [0, 0.1) is 18.3 Å². The predicted octanol–water partition coefficient (Wildman–Crippen LogP) is 2.42. The molecular weight excluding hydrogens is 252 g/mol. The average molecular weight is 272 g/mol. The van der Waals surface area contributed by atoms with Crippen molar-refractivity contribution in [3.63, 3.8) is 0 Å². The van der Waals surface area contributed by atoms with E-state index in [1.54, 1.807) is 0 Å². The lowest BCUT2D eigenvalue weighted by molar-refractivity contribution is -0.150. The molecule has 1 atom stereocenters. The van der Waals surface area contributed by atoms with Gasteiger partial charge in [-0.2, -0.15) is 5.26 Å². The number of nitrogens with zero attached hydrogens (tertiary/aromatic N) is 2. The van der Waals surface area contributed by atoms with E-state index in [9.17, 15) is 4.79 Å². The first-order chi connectivity index (χ1) is 9.70. The number of piperidine rings is 1. The van der Waals surface area contributed by atoms with Gasteiger partial charge in [-0.1, -0.05) is 36.2 Å². The first kappa shape index (κ1) is 14.5. The standard InChI is InChI=1S/C16H20N2O2/c1-13-5-4-6-14(11-13)12-18-9-3-2-7-15(18)16(19)20-10-8-17/h4-6,11,15H,2-3,7,9-10,12H2,1H3/t15-/m0/s1. The van der Waals surface area contributed by atoms with Crippen molar-refractivity contribution in [1.82, 2.24) is 4.90 Å². The topological polar surface area (TPSA) is 53.3 Å². The summed E-state index contributed by atoms with van der Waals surface area (Å²) in [5.41, 5.74) is 2.44. The van der Waals surface area contributed by atoms with E-state index in [0.717, 1.165) is 32.4 Å². The van der Waals surface area contributed by atoms with Gasteiger partial charge in [0.2, 0.25) is 0 Å². The molecule has 4 heteroatoms. The Balaban J connectivity index is 2.03. The van der Waals surface area contributed by atoms with Gasteiger partial charge >= 0.3 is 5.97 Å². The highest BCUT2D eigenvalue weighted by molar-refractivity contribution is 5.76. The highest BCUT2D eigenvalue weighted by atomic mass is 16.5. The Hall–Kier alpha value is -1.86. The molecular formula is C16H20N2O2. The van der Waals surface area contributed by atoms with E-state index >= 15 is 0 Å². The molecule has 1 aliphatic heterocycles. The first-order valence-electron chi connectivity index (χ1n) is 7.04. The van der Waals surface area contributed by atoms with Crippen LogP contribution in [0.4, 0.5) is 0 Å². The Kier molecular flexibility index (Phi) is 5.14. The molecule has 1 heterocycles. The van der Waals surface area contributed by atoms with Crippen LogP contribution in [-0.4, -0.2) is 30.1 Å². The van der Waals surface area contributed by atoms with Crippen molar-refractivity contribution in [3.05, 3.63) is 35.4 Å². The lowest BCUT2D eigenvalue weighted by Gasteiger charge is -2.33. The van der Waals surface area contributed by atoms with Crippen LogP contribution in [0.15, 0.2) is 24.3 Å². The summed E-state index contributed by atoms with van der Waals surface area (Å²) in [6.07, 6.45) is 2.96. The Morgan fingerprint density at radius 3 is 3.10 bits per heavy atom. The Bertz CT molecular complexity index is 507. The van der Waals surface area contributed by atoms with Crippen LogP contribution in [-0.2, 0) is 16.1 Å². The minimum absolute atomic E-state index is 0.159. The third kappa shape index (κ3) is 3.82. The second-order valence-electron chi connectivity index (χ2n) is 5.24. The van der Waals surface area contributed by atoms with E-state index in [0.29, 0.717) is 0 Å². The van der Waals surface area contributed by atoms with Gasteiger partial charge in [-0.3, -0.25) is 9.69 Å². The molecule has 20 heavy (non-hydrogen) atoms. The van der Waals surface area contributed by atoms with E-state index in [1.165, 1.54) is 11.1 Å². The number of rotatable bonds is 4. The molecule has 0 aliphatic carbocycles. The lowest BCUT2D eigenvalue weighted by Crippen LogP contribution is -2.45. The summed E-state index contributed by atoms with van der Waals surface area (Å²) in [5, 5.41) is 8.50. The summed E-state index contributed by atoms with van der Waals surface area (Å²) in [4.78, 5) is 14.2. The smallest absolute Gasteiger partial charge is 0.324 e. The molecule has 1 aromatic rings. The molecule has 2 rings (SSSR count). The zero-order valence-corrected chi connectivity index (χ0v) is 11.8. The van der Waals surface area contributed by atoms with Gasteiger partial charge in [0, 0.05) is 6.54 Å². The largest absolute Gasteiger partial charge is 0.449 e. The number of benzene rings is 1. The first-order valence-corrected chi connectivity index (χ1v) is 7.04. The molecule has 0 unspecified atom stereocenters. The number of carbonyl (C=O) groups excluding carboxylic acids is 1. The number of aryl methyl sites for hydroxylation is 1. The van der Waals surface area contributed by atoms with Crippen molar-refractivity contribution in [2.45, 2.75) is 38.8 Å². The molecule has 0 aromatic heterocycles. The molecule has 1 aromatic carbocycles. The number of hydrogen-bond acceptors (Lipinski definition) is 4. The van der Waals surface area contributed by atoms with Crippen LogP contribution >= 0.6 is 0 Å². The zero-order valence-electron chi connectivity index (χ0n) is 11.8. The van der Waals surface area contributed by atoms with Crippen molar-refractivity contribution in [2.24, 2.45) is 0 Å². The van der Waals surface area contributed by atoms with Crippen molar-refractivity contribution in [2.75, 3.05) is 13.2 Å². The van der Waals surface area contributed by atoms with Gasteiger partial charge < -0.3 is 4.74 Å². The number of hydrogen-bond donors (Lipinski definition) is 0. The van der Waals surface area contributed by atoms with Crippen molar-refractivity contribution < 1.29 is 9.53 Å². The monoisotopic (exact) mass is 272 g/mol. The van der Waals surface area contributed by atoms with Gasteiger partial charge in [0.1, 0.15) is 12.1 Å². The van der Waals surface area contributed by atoms with Gasteiger partial charge in [-0.15, -0.1) is 0 Å². The molecule has 4 nitrogen and oxygen atoms in total. The summed E-state index contributed by atoms with van der Waals surface area (Å²) in [7, 11) is 0. The van der Waals surface area contributed by atoms with Gasteiger partial charge in [-0.25, -0.2) is 0 Å². The normalized spacial score (nSPS) is 19.3. The molecule has 0 spiro atoms. The molecule has 106 valence electrons. The molecule has 0 N–H and O–H groups in total. The molecule has 0 bridgehead atoms. The predicted molar refractivity (Wildman–Crippen MR) is 75.8 cm³/mol. The third-order valence-corrected chi connectivity index (χ3v) is 3.63. The summed E-state index contributed by atoms with van der Waals surface area (Å²) in [6.45, 7) is 3.57. The molecule has 1 fully saturated rings. The fourth-order valence-electron chi connectivity index (χ4n) is 2.69. The molecule has 0 radical (unpaired) electrons. The number of esters is 1. The SMILES string of the molecule is Cc1cccc(CN2CCCC[C@H]2C(=O)OCC#N)c1. The second kappa shape index (κ2) is 7.06. The van der Waals surface area contributed by atoms with Crippen LogP contribution in [0.25, 0.3) is 0 Å². The van der Waals surface area contributed by atoms with Crippen LogP contribution in [0.5, 0.6) is 0 Å². The molecule has 1 saturated heterocycles. The van der Waals surface area contributed by atoms with E-state index in [4.69, 9.17) is 10.00 Å². The number of carbonyl (C=O) groups is 1. The maximum absolute atomic E-state index is 12.0. The number of likely N-dealkylation sites (tertiary alicyclic amines) is 1. The van der Waals surface area contributed by atoms with Crippen LogP contribution in [0.2, 0.25) is 0 Å². The number of ether oxygens (including phenoxy) is 1. The fraction of sp³-hybridized carbons (Fsp3) is 0.500. The second-order valence-corrected chi connectivity index (χ2v) is 5.24. The summed E-state index contributed by atoms with van der Waals surface area (Å²) < 4.78 is 4.98. The van der Waals surface area contributed by atoms with E-state index in [2.05, 4.69) is 30.0 Å². The van der Waals surface area contributed by atoms with Crippen molar-refractivity contribution >= 4 is 5.97 Å². The lowest BCUT2D eigenvalue weighted by atomic mass is 10.0. The van der Waals surface area contributed by atoms with Gasteiger partial charge in [0.05, 0.1) is 0 Å². The van der Waals surface area contributed by atoms with Crippen LogP contribution < -0.4 is 0 Å². The Labute approximate surface area is 120 Å². The van der Waals surface area contributed by atoms with Crippen molar-refractivity contribution in [3.8, 4) is 6.07 Å². The minimum Gasteiger partial charge on any atom is -0.449 e. The molecule has 0 saturated carbocycles. The van der Waals surface area contributed by atoms with E-state index in [1.807, 2.05) is 12.1 Å². The Morgan fingerprint density at radius 2 is 2.35 bits per heavy atom. The van der Waals surface area contributed by atoms with Gasteiger partial charge in [0.25, 0.3) is 0 Å². The van der Waals surface area contributed by atoms with E-state index < -0.39 is 0 Å². The summed E-state index contributed by atoms with van der Waals surface area (Å²) in [6, 6.07) is 9.97. The fourth-order valence-corrected chi connectivity index (χ4v) is 2.69. The Morgan fingerprint density at radius 1 is 1.50 bits per heavy atom. The third-order valence-electron chi connectivity index (χ3n) is 3.63. The van der Waals surface area contributed by atoms with Gasteiger partial charge in [0.15, 0.2) is 6.61 Å². The van der Waals surface area contributed by atoms with Crippen molar-refractivity contribution in [1.29, 1.82) is 5.26 Å². The summed E-state index contributed by atoms with van der Waals surface area (Å²) >= 11 is 0. The van der Waals surface area contributed by atoms with Gasteiger partial charge in [-0.05, 0) is 31.9 Å². The molecule has 0 amide bonds. The average Bonchev–Trinajstić information content (AvgIpc) is 2.45. The highest BCUT2D eigenvalue weighted by Crippen LogP contribution is 2.21. The quantitative estimate of drug-likeness (QED) is 0.790. The highest BCUT2D eigenvalue weighted by Gasteiger charge is 2.29. The maximum Gasteiger partial charge on any atom is 0.324 e. The van der Waals surface area contributed by atoms with E-state index in [-0.39, 0.29) is 18.6 Å².